The zero-order valence-electron chi connectivity index (χ0n) is 15.5. The zero-order chi connectivity index (χ0) is 19.4. The molecule has 1 aliphatic rings. The van der Waals surface area contributed by atoms with Gasteiger partial charge in [0.1, 0.15) is 0 Å². The molecule has 5 nitrogen and oxygen atoms in total. The van der Waals surface area contributed by atoms with Crippen LogP contribution in [-0.2, 0) is 4.79 Å². The normalized spacial score (nSPS) is 16.7. The molecule has 6 heteroatoms. The fourth-order valence-corrected chi connectivity index (χ4v) is 4.21. The minimum absolute atomic E-state index is 0.00938. The molecular weight excluding hydrogens is 410 g/mol. The second-order valence-corrected chi connectivity index (χ2v) is 7.54. The molecule has 0 saturated carbocycles. The number of carboxylic acid groups (broad SMARTS) is 1. The smallest absolute Gasteiger partial charge is 0.306 e. The van der Waals surface area contributed by atoms with Crippen molar-refractivity contribution in [2.45, 2.75) is 18.9 Å². The lowest BCUT2D eigenvalue weighted by Gasteiger charge is -2.37. The number of rotatable bonds is 6. The van der Waals surface area contributed by atoms with Gasteiger partial charge in [0.2, 0.25) is 0 Å². The van der Waals surface area contributed by atoms with Gasteiger partial charge in [0, 0.05) is 4.47 Å². The highest BCUT2D eigenvalue weighted by Gasteiger charge is 2.31. The topological polar surface area (TPSA) is 59.0 Å². The number of aliphatic carboxylic acids is 1. The number of carbonyl (C=O) groups is 1. The number of nitrogens with zero attached hydrogens (tertiary/aromatic N) is 1. The highest BCUT2D eigenvalue weighted by molar-refractivity contribution is 9.10. The minimum atomic E-state index is -0.696. The number of hydrogen-bond donors (Lipinski definition) is 1. The largest absolute Gasteiger partial charge is 0.493 e. The number of methoxy groups -OCH3 is 2. The molecule has 1 heterocycles. The standard InChI is InChI=1S/C21H24BrNO4/c1-26-18-8-7-15(13-19(18)27-2)20(16-5-3-4-6-17(16)22)23-11-9-14(10-12-23)21(24)25/h3-8,13-14,20H,9-12H2,1-2H3,(H,24,25). The number of piperidine rings is 1. The van der Waals surface area contributed by atoms with Crippen molar-refractivity contribution in [1.29, 1.82) is 0 Å². The van der Waals surface area contributed by atoms with Gasteiger partial charge < -0.3 is 14.6 Å². The fourth-order valence-electron chi connectivity index (χ4n) is 3.71. The summed E-state index contributed by atoms with van der Waals surface area (Å²) in [5.41, 5.74) is 2.24. The van der Waals surface area contributed by atoms with Gasteiger partial charge in [0.15, 0.2) is 11.5 Å². The van der Waals surface area contributed by atoms with Crippen LogP contribution in [0, 0.1) is 5.92 Å². The summed E-state index contributed by atoms with van der Waals surface area (Å²) in [6.07, 6.45) is 1.31. The molecule has 2 aromatic rings. The lowest BCUT2D eigenvalue weighted by molar-refractivity contribution is -0.143. The molecule has 1 saturated heterocycles. The predicted octanol–water partition coefficient (Wildman–Crippen LogP) is 4.35. The number of carboxylic acids is 1. The van der Waals surface area contributed by atoms with E-state index in [4.69, 9.17) is 9.47 Å². The molecule has 0 spiro atoms. The first-order valence-corrected chi connectivity index (χ1v) is 9.77. The van der Waals surface area contributed by atoms with Crippen LogP contribution in [-0.4, -0.2) is 43.3 Å². The molecule has 3 rings (SSSR count). The Bertz CT molecular complexity index is 803. The Labute approximate surface area is 168 Å². The quantitative estimate of drug-likeness (QED) is 0.733. The van der Waals surface area contributed by atoms with Crippen molar-refractivity contribution in [3.63, 3.8) is 0 Å². The van der Waals surface area contributed by atoms with Crippen LogP contribution >= 0.6 is 15.9 Å². The van der Waals surface area contributed by atoms with Crippen LogP contribution in [0.1, 0.15) is 30.0 Å². The number of ether oxygens (including phenoxy) is 2. The third-order valence-electron chi connectivity index (χ3n) is 5.17. The van der Waals surface area contributed by atoms with Crippen LogP contribution < -0.4 is 9.47 Å². The summed E-state index contributed by atoms with van der Waals surface area (Å²) in [6, 6.07) is 14.1. The highest BCUT2D eigenvalue weighted by Crippen LogP contribution is 2.39. The van der Waals surface area contributed by atoms with Crippen molar-refractivity contribution >= 4 is 21.9 Å². The van der Waals surface area contributed by atoms with E-state index in [0.717, 1.165) is 28.7 Å². The van der Waals surface area contributed by atoms with Crippen LogP contribution in [0.15, 0.2) is 46.9 Å². The van der Waals surface area contributed by atoms with E-state index in [0.29, 0.717) is 24.3 Å². The maximum absolute atomic E-state index is 11.3. The van der Waals surface area contributed by atoms with E-state index in [-0.39, 0.29) is 12.0 Å². The summed E-state index contributed by atoms with van der Waals surface area (Å²) in [7, 11) is 3.26. The van der Waals surface area contributed by atoms with E-state index < -0.39 is 5.97 Å². The third kappa shape index (κ3) is 4.28. The van der Waals surface area contributed by atoms with Crippen LogP contribution in [0.2, 0.25) is 0 Å². The van der Waals surface area contributed by atoms with Crippen molar-refractivity contribution < 1.29 is 19.4 Å². The van der Waals surface area contributed by atoms with Crippen molar-refractivity contribution in [2.75, 3.05) is 27.3 Å². The van der Waals surface area contributed by atoms with Crippen molar-refractivity contribution in [3.05, 3.63) is 58.1 Å². The molecular formula is C21H24BrNO4. The maximum Gasteiger partial charge on any atom is 0.306 e. The van der Waals surface area contributed by atoms with E-state index in [2.05, 4.69) is 33.0 Å². The van der Waals surface area contributed by atoms with Gasteiger partial charge in [-0.3, -0.25) is 9.69 Å². The second kappa shape index (κ2) is 8.76. The molecule has 0 aliphatic carbocycles. The summed E-state index contributed by atoms with van der Waals surface area (Å²) < 4.78 is 11.9. The Morgan fingerprint density at radius 2 is 1.78 bits per heavy atom. The van der Waals surface area contributed by atoms with Crippen LogP contribution in [0.4, 0.5) is 0 Å². The molecule has 0 radical (unpaired) electrons. The summed E-state index contributed by atoms with van der Waals surface area (Å²) in [4.78, 5) is 13.7. The lowest BCUT2D eigenvalue weighted by Crippen LogP contribution is -2.39. The van der Waals surface area contributed by atoms with Crippen LogP contribution in [0.3, 0.4) is 0 Å². The van der Waals surface area contributed by atoms with Gasteiger partial charge in [-0.2, -0.15) is 0 Å². The monoisotopic (exact) mass is 433 g/mol. The molecule has 1 fully saturated rings. The Kier molecular flexibility index (Phi) is 6.39. The molecule has 1 N–H and O–H groups in total. The summed E-state index contributed by atoms with van der Waals surface area (Å²) in [5.74, 6) is 0.425. The number of hydrogen-bond acceptors (Lipinski definition) is 4. The van der Waals surface area contributed by atoms with Gasteiger partial charge in [-0.1, -0.05) is 40.2 Å². The van der Waals surface area contributed by atoms with Gasteiger partial charge in [0.25, 0.3) is 0 Å². The molecule has 0 bridgehead atoms. The first-order chi connectivity index (χ1) is 13.0. The molecule has 144 valence electrons. The first kappa shape index (κ1) is 19.7. The predicted molar refractivity (Wildman–Crippen MR) is 107 cm³/mol. The summed E-state index contributed by atoms with van der Waals surface area (Å²) in [6.45, 7) is 1.47. The molecule has 27 heavy (non-hydrogen) atoms. The Morgan fingerprint density at radius 1 is 1.11 bits per heavy atom. The molecule has 0 amide bonds. The average Bonchev–Trinajstić information content (AvgIpc) is 2.70. The van der Waals surface area contributed by atoms with Crippen molar-refractivity contribution in [3.8, 4) is 11.5 Å². The fraction of sp³-hybridized carbons (Fsp3) is 0.381. The third-order valence-corrected chi connectivity index (χ3v) is 5.89. The SMILES string of the molecule is COc1ccc(C(c2ccccc2Br)N2CCC(C(=O)O)CC2)cc1OC. The van der Waals surface area contributed by atoms with Crippen LogP contribution in [0.5, 0.6) is 11.5 Å². The molecule has 2 aromatic carbocycles. The van der Waals surface area contributed by atoms with E-state index in [1.807, 2.05) is 30.3 Å². The van der Waals surface area contributed by atoms with E-state index >= 15 is 0 Å². The van der Waals surface area contributed by atoms with Gasteiger partial charge >= 0.3 is 5.97 Å². The van der Waals surface area contributed by atoms with Gasteiger partial charge in [0.05, 0.1) is 26.2 Å². The number of benzene rings is 2. The lowest BCUT2D eigenvalue weighted by atomic mass is 9.91. The van der Waals surface area contributed by atoms with Crippen molar-refractivity contribution in [1.82, 2.24) is 4.90 Å². The maximum atomic E-state index is 11.3. The van der Waals surface area contributed by atoms with E-state index in [1.165, 1.54) is 0 Å². The molecule has 0 aromatic heterocycles. The van der Waals surface area contributed by atoms with Crippen LogP contribution in [0.25, 0.3) is 0 Å². The number of likely N-dealkylation sites (tertiary alicyclic amines) is 1. The zero-order valence-corrected chi connectivity index (χ0v) is 17.1. The minimum Gasteiger partial charge on any atom is -0.493 e. The molecule has 1 aliphatic heterocycles. The summed E-state index contributed by atoms with van der Waals surface area (Å²) >= 11 is 3.68. The Balaban J connectivity index is 1.99. The second-order valence-electron chi connectivity index (χ2n) is 6.69. The Morgan fingerprint density at radius 3 is 2.37 bits per heavy atom. The first-order valence-electron chi connectivity index (χ1n) is 8.98. The van der Waals surface area contributed by atoms with Gasteiger partial charge in [-0.15, -0.1) is 0 Å². The molecule has 1 atom stereocenters. The van der Waals surface area contributed by atoms with E-state index in [1.54, 1.807) is 14.2 Å². The van der Waals surface area contributed by atoms with E-state index in [9.17, 15) is 9.90 Å². The average molecular weight is 434 g/mol. The summed E-state index contributed by atoms with van der Waals surface area (Å²) in [5, 5.41) is 9.31. The molecule has 1 unspecified atom stereocenters. The van der Waals surface area contributed by atoms with Gasteiger partial charge in [-0.05, 0) is 55.3 Å². The number of halogens is 1. The van der Waals surface area contributed by atoms with Gasteiger partial charge in [-0.25, -0.2) is 0 Å². The highest BCUT2D eigenvalue weighted by atomic mass is 79.9. The van der Waals surface area contributed by atoms with Crippen molar-refractivity contribution in [2.24, 2.45) is 5.92 Å². The Hall–Kier alpha value is -2.05.